The molecule has 3 unspecified atom stereocenters. The van der Waals surface area contributed by atoms with Crippen molar-refractivity contribution < 1.29 is 14.3 Å². The molecule has 1 aliphatic rings. The number of methoxy groups -OCH3 is 2. The van der Waals surface area contributed by atoms with Crippen molar-refractivity contribution in [2.24, 2.45) is 11.8 Å². The summed E-state index contributed by atoms with van der Waals surface area (Å²) in [5.74, 6) is 1.95. The summed E-state index contributed by atoms with van der Waals surface area (Å²) in [5, 5.41) is 0. The van der Waals surface area contributed by atoms with Crippen molar-refractivity contribution in [3.8, 4) is 5.75 Å². The van der Waals surface area contributed by atoms with Crippen LogP contribution < -0.4 is 4.74 Å². The highest BCUT2D eigenvalue weighted by Crippen LogP contribution is 2.46. The van der Waals surface area contributed by atoms with E-state index in [1.807, 2.05) is 6.07 Å². The Balaban J connectivity index is 2.03. The summed E-state index contributed by atoms with van der Waals surface area (Å²) in [5.41, 5.74) is 2.72. The van der Waals surface area contributed by atoms with Crippen LogP contribution in [0.15, 0.2) is 18.2 Å². The Morgan fingerprint density at radius 3 is 2.75 bits per heavy atom. The van der Waals surface area contributed by atoms with Crippen molar-refractivity contribution in [1.29, 1.82) is 0 Å². The third-order valence-electron chi connectivity index (χ3n) is 4.34. The maximum atomic E-state index is 11.5. The second-order valence-electron chi connectivity index (χ2n) is 5.68. The van der Waals surface area contributed by atoms with Crippen LogP contribution in [0.3, 0.4) is 0 Å². The molecule has 2 rings (SSSR count). The minimum absolute atomic E-state index is 0.0485. The normalized spacial score (nSPS) is 22.2. The van der Waals surface area contributed by atoms with Crippen LogP contribution in [0.4, 0.5) is 0 Å². The standard InChI is InChI=1S/C17H24O3/c1-5-12-9-14(19-3)6-7-15(12)11(2)8-13-10-16(13)17(18)20-4/h6-7,9,11,13,16H,5,8,10H2,1-4H3. The van der Waals surface area contributed by atoms with E-state index in [-0.39, 0.29) is 11.9 Å². The lowest BCUT2D eigenvalue weighted by atomic mass is 9.90. The predicted molar refractivity (Wildman–Crippen MR) is 79.0 cm³/mol. The second kappa shape index (κ2) is 6.29. The minimum atomic E-state index is -0.0485. The highest BCUT2D eigenvalue weighted by molar-refractivity contribution is 5.75. The zero-order valence-electron chi connectivity index (χ0n) is 12.8. The Kier molecular flexibility index (Phi) is 4.69. The van der Waals surface area contributed by atoms with Gasteiger partial charge in [-0.25, -0.2) is 0 Å². The molecule has 1 aromatic carbocycles. The fourth-order valence-corrected chi connectivity index (χ4v) is 3.03. The first-order chi connectivity index (χ1) is 9.60. The molecule has 0 aliphatic heterocycles. The lowest BCUT2D eigenvalue weighted by molar-refractivity contribution is -0.142. The van der Waals surface area contributed by atoms with Crippen molar-refractivity contribution in [2.75, 3.05) is 14.2 Å². The molecule has 0 saturated heterocycles. The average molecular weight is 276 g/mol. The third kappa shape index (κ3) is 3.14. The van der Waals surface area contributed by atoms with Gasteiger partial charge in [0.2, 0.25) is 0 Å². The van der Waals surface area contributed by atoms with E-state index in [1.165, 1.54) is 18.2 Å². The summed E-state index contributed by atoms with van der Waals surface area (Å²) in [4.78, 5) is 11.5. The maximum absolute atomic E-state index is 11.5. The van der Waals surface area contributed by atoms with Gasteiger partial charge in [0.1, 0.15) is 5.75 Å². The quantitative estimate of drug-likeness (QED) is 0.745. The molecule has 1 saturated carbocycles. The van der Waals surface area contributed by atoms with Crippen LogP contribution in [-0.4, -0.2) is 20.2 Å². The van der Waals surface area contributed by atoms with Gasteiger partial charge in [-0.05, 0) is 54.4 Å². The minimum Gasteiger partial charge on any atom is -0.497 e. The summed E-state index contributed by atoms with van der Waals surface area (Å²) in [7, 11) is 3.17. The van der Waals surface area contributed by atoms with E-state index in [9.17, 15) is 4.79 Å². The Hall–Kier alpha value is -1.51. The van der Waals surface area contributed by atoms with Gasteiger partial charge in [0, 0.05) is 0 Å². The first kappa shape index (κ1) is 14.9. The molecule has 1 fully saturated rings. The lowest BCUT2D eigenvalue weighted by Crippen LogP contribution is -2.06. The van der Waals surface area contributed by atoms with E-state index in [1.54, 1.807) is 7.11 Å². The number of aryl methyl sites for hydroxylation is 1. The highest BCUT2D eigenvalue weighted by Gasteiger charge is 2.44. The molecule has 3 nitrogen and oxygen atoms in total. The molecule has 0 aromatic heterocycles. The molecule has 20 heavy (non-hydrogen) atoms. The molecule has 110 valence electrons. The van der Waals surface area contributed by atoms with Gasteiger partial charge < -0.3 is 9.47 Å². The number of rotatable bonds is 6. The van der Waals surface area contributed by atoms with Crippen LogP contribution in [0.1, 0.15) is 43.7 Å². The Morgan fingerprint density at radius 2 is 2.15 bits per heavy atom. The molecule has 0 N–H and O–H groups in total. The Bertz CT molecular complexity index is 481. The number of carbonyl (C=O) groups is 1. The van der Waals surface area contributed by atoms with Crippen molar-refractivity contribution in [1.82, 2.24) is 0 Å². The van der Waals surface area contributed by atoms with Gasteiger partial charge in [-0.3, -0.25) is 4.79 Å². The van der Waals surface area contributed by atoms with Gasteiger partial charge in [0.25, 0.3) is 0 Å². The topological polar surface area (TPSA) is 35.5 Å². The molecular formula is C17H24O3. The molecule has 0 heterocycles. The number of hydrogen-bond acceptors (Lipinski definition) is 3. The zero-order chi connectivity index (χ0) is 14.7. The molecule has 0 bridgehead atoms. The molecule has 0 spiro atoms. The van der Waals surface area contributed by atoms with Crippen LogP contribution in [-0.2, 0) is 16.0 Å². The first-order valence-electron chi connectivity index (χ1n) is 7.35. The van der Waals surface area contributed by atoms with E-state index in [0.717, 1.165) is 25.0 Å². The predicted octanol–water partition coefficient (Wildman–Crippen LogP) is 3.56. The van der Waals surface area contributed by atoms with Gasteiger partial charge in [0.15, 0.2) is 0 Å². The van der Waals surface area contributed by atoms with E-state index in [4.69, 9.17) is 9.47 Å². The van der Waals surface area contributed by atoms with E-state index >= 15 is 0 Å². The lowest BCUT2D eigenvalue weighted by Gasteiger charge is -2.17. The van der Waals surface area contributed by atoms with Crippen molar-refractivity contribution in [3.05, 3.63) is 29.3 Å². The number of esters is 1. The SMILES string of the molecule is CCc1cc(OC)ccc1C(C)CC1CC1C(=O)OC. The van der Waals surface area contributed by atoms with Gasteiger partial charge in [0.05, 0.1) is 20.1 Å². The number of carbonyl (C=O) groups excluding carboxylic acids is 1. The third-order valence-corrected chi connectivity index (χ3v) is 4.34. The van der Waals surface area contributed by atoms with Gasteiger partial charge in [-0.15, -0.1) is 0 Å². The van der Waals surface area contributed by atoms with Crippen LogP contribution in [0, 0.1) is 11.8 Å². The molecule has 0 radical (unpaired) electrons. The van der Waals surface area contributed by atoms with Crippen LogP contribution in [0.25, 0.3) is 0 Å². The fourth-order valence-electron chi connectivity index (χ4n) is 3.03. The van der Waals surface area contributed by atoms with E-state index < -0.39 is 0 Å². The summed E-state index contributed by atoms with van der Waals surface area (Å²) < 4.78 is 10.1. The summed E-state index contributed by atoms with van der Waals surface area (Å²) in [6.45, 7) is 4.41. The first-order valence-corrected chi connectivity index (χ1v) is 7.35. The summed E-state index contributed by atoms with van der Waals surface area (Å²) >= 11 is 0. The van der Waals surface area contributed by atoms with Crippen LogP contribution in [0.5, 0.6) is 5.75 Å². The van der Waals surface area contributed by atoms with Crippen molar-refractivity contribution >= 4 is 5.97 Å². The monoisotopic (exact) mass is 276 g/mol. The van der Waals surface area contributed by atoms with E-state index in [2.05, 4.69) is 26.0 Å². The highest BCUT2D eigenvalue weighted by atomic mass is 16.5. The smallest absolute Gasteiger partial charge is 0.308 e. The van der Waals surface area contributed by atoms with Gasteiger partial charge >= 0.3 is 5.97 Å². The second-order valence-corrected chi connectivity index (χ2v) is 5.68. The Labute approximate surface area is 121 Å². The van der Waals surface area contributed by atoms with Crippen LogP contribution in [0.2, 0.25) is 0 Å². The Morgan fingerprint density at radius 1 is 1.40 bits per heavy atom. The summed E-state index contributed by atoms with van der Waals surface area (Å²) in [6, 6.07) is 6.31. The van der Waals surface area contributed by atoms with Crippen LogP contribution >= 0.6 is 0 Å². The summed E-state index contributed by atoms with van der Waals surface area (Å²) in [6.07, 6.45) is 3.04. The van der Waals surface area contributed by atoms with Crippen molar-refractivity contribution in [3.63, 3.8) is 0 Å². The number of hydrogen-bond donors (Lipinski definition) is 0. The van der Waals surface area contributed by atoms with Gasteiger partial charge in [-0.1, -0.05) is 19.9 Å². The molecular weight excluding hydrogens is 252 g/mol. The number of benzene rings is 1. The average Bonchev–Trinajstić information content (AvgIpc) is 3.24. The molecule has 0 amide bonds. The van der Waals surface area contributed by atoms with E-state index in [0.29, 0.717) is 11.8 Å². The van der Waals surface area contributed by atoms with Gasteiger partial charge in [-0.2, -0.15) is 0 Å². The maximum Gasteiger partial charge on any atom is 0.308 e. The zero-order valence-corrected chi connectivity index (χ0v) is 12.8. The molecule has 3 heteroatoms. The molecule has 1 aliphatic carbocycles. The number of ether oxygens (including phenoxy) is 2. The largest absolute Gasteiger partial charge is 0.497 e. The van der Waals surface area contributed by atoms with Crippen molar-refractivity contribution in [2.45, 2.75) is 39.0 Å². The fraction of sp³-hybridized carbons (Fsp3) is 0.588. The molecule has 3 atom stereocenters. The molecule has 1 aromatic rings.